The van der Waals surface area contributed by atoms with Crippen molar-refractivity contribution in [2.75, 3.05) is 6.26 Å². The fraction of sp³-hybridized carbons (Fsp3) is 0.217. The standard InChI is InChI=1S/C12H10BrF3N2.C11H8BrF3N2S/c1-2-11-17-10(12(14,15)16)7-18(11)9-5-3-8(13)4-6-9;1-18-10-16-9(11(13,14)15)6-17(10)8-4-2-7(12)3-5-8/h3-7H,2H2,1H3;2-6H,1H3. The van der Waals surface area contributed by atoms with Crippen LogP contribution in [0.15, 0.2) is 75.0 Å². The van der Waals surface area contributed by atoms with Crippen LogP contribution in [0.3, 0.4) is 0 Å². The number of alkyl halides is 6. The number of nitrogens with zero attached hydrogens (tertiary/aromatic N) is 4. The number of thioether (sulfide) groups is 1. The first-order valence-corrected chi connectivity index (χ1v) is 13.0. The first-order valence-electron chi connectivity index (χ1n) is 10.2. The predicted molar refractivity (Wildman–Crippen MR) is 134 cm³/mol. The molecule has 13 heteroatoms. The van der Waals surface area contributed by atoms with Crippen LogP contribution in [-0.2, 0) is 18.8 Å². The molecule has 0 aliphatic carbocycles. The van der Waals surface area contributed by atoms with E-state index in [1.165, 1.54) is 20.9 Å². The average molecular weight is 656 g/mol. The molecule has 2 heterocycles. The van der Waals surface area contributed by atoms with Crippen LogP contribution in [-0.4, -0.2) is 25.4 Å². The van der Waals surface area contributed by atoms with E-state index in [0.29, 0.717) is 28.8 Å². The molecular weight excluding hydrogens is 638 g/mol. The predicted octanol–water partition coefficient (Wildman–Crippen LogP) is 8.59. The van der Waals surface area contributed by atoms with E-state index in [9.17, 15) is 26.3 Å². The largest absolute Gasteiger partial charge is 0.434 e. The third-order valence-electron chi connectivity index (χ3n) is 4.74. The summed E-state index contributed by atoms with van der Waals surface area (Å²) in [6, 6.07) is 14.0. The van der Waals surface area contributed by atoms with Crippen molar-refractivity contribution in [1.82, 2.24) is 19.1 Å². The third kappa shape index (κ3) is 6.94. The molecule has 0 unspecified atom stereocenters. The van der Waals surface area contributed by atoms with Crippen LogP contribution in [0.2, 0.25) is 0 Å². The molecule has 0 radical (unpaired) electrons. The monoisotopic (exact) mass is 654 g/mol. The quantitative estimate of drug-likeness (QED) is 0.163. The topological polar surface area (TPSA) is 35.6 Å². The third-order valence-corrected chi connectivity index (χ3v) is 6.45. The fourth-order valence-electron chi connectivity index (χ4n) is 3.06. The second kappa shape index (κ2) is 11.4. The van der Waals surface area contributed by atoms with Gasteiger partial charge in [0.25, 0.3) is 0 Å². The highest BCUT2D eigenvalue weighted by Gasteiger charge is 2.35. The molecule has 4 aromatic rings. The van der Waals surface area contributed by atoms with E-state index in [4.69, 9.17) is 0 Å². The van der Waals surface area contributed by atoms with Crippen LogP contribution >= 0.6 is 43.6 Å². The van der Waals surface area contributed by atoms with Gasteiger partial charge in [0.2, 0.25) is 0 Å². The maximum absolute atomic E-state index is 12.6. The summed E-state index contributed by atoms with van der Waals surface area (Å²) in [6.07, 6.45) is -4.67. The maximum Gasteiger partial charge on any atom is 0.434 e. The van der Waals surface area contributed by atoms with Gasteiger partial charge in [-0.25, -0.2) is 9.97 Å². The summed E-state index contributed by atoms with van der Waals surface area (Å²) in [5, 5.41) is 0.310. The Hall–Kier alpha value is -2.25. The molecular formula is C23H18Br2F6N4S. The number of hydrogen-bond acceptors (Lipinski definition) is 3. The summed E-state index contributed by atoms with van der Waals surface area (Å²) in [4.78, 5) is 7.21. The minimum Gasteiger partial charge on any atom is -0.303 e. The Labute approximate surface area is 224 Å². The molecule has 4 rings (SSSR count). The van der Waals surface area contributed by atoms with Gasteiger partial charge in [-0.2, -0.15) is 26.3 Å². The van der Waals surface area contributed by atoms with Crippen LogP contribution in [0, 0.1) is 0 Å². The molecule has 0 amide bonds. The molecule has 0 atom stereocenters. The number of aromatic nitrogens is 4. The van der Waals surface area contributed by atoms with Crippen molar-refractivity contribution in [3.63, 3.8) is 0 Å². The summed E-state index contributed by atoms with van der Waals surface area (Å²) in [6.45, 7) is 1.78. The van der Waals surface area contributed by atoms with Gasteiger partial charge in [-0.1, -0.05) is 50.5 Å². The Morgan fingerprint density at radius 3 is 1.56 bits per heavy atom. The van der Waals surface area contributed by atoms with Crippen molar-refractivity contribution in [3.8, 4) is 11.4 Å². The summed E-state index contributed by atoms with van der Waals surface area (Å²) < 4.78 is 80.3. The lowest BCUT2D eigenvalue weighted by atomic mass is 10.3. The highest BCUT2D eigenvalue weighted by Crippen LogP contribution is 2.32. The van der Waals surface area contributed by atoms with Crippen molar-refractivity contribution in [2.24, 2.45) is 0 Å². The van der Waals surface area contributed by atoms with Gasteiger partial charge < -0.3 is 4.57 Å². The van der Waals surface area contributed by atoms with E-state index in [0.717, 1.165) is 21.3 Å². The smallest absolute Gasteiger partial charge is 0.303 e. The Bertz CT molecular complexity index is 1190. The van der Waals surface area contributed by atoms with Crippen LogP contribution in [0.1, 0.15) is 24.1 Å². The number of rotatable bonds is 4. The molecule has 4 nitrogen and oxygen atoms in total. The molecule has 0 fully saturated rings. The Kier molecular flexibility index (Phi) is 8.99. The summed E-state index contributed by atoms with van der Waals surface area (Å²) >= 11 is 7.74. The van der Waals surface area contributed by atoms with E-state index >= 15 is 0 Å². The zero-order valence-electron chi connectivity index (χ0n) is 18.7. The van der Waals surface area contributed by atoms with Crippen molar-refractivity contribution < 1.29 is 26.3 Å². The van der Waals surface area contributed by atoms with E-state index < -0.39 is 23.7 Å². The van der Waals surface area contributed by atoms with Crippen molar-refractivity contribution in [3.05, 3.63) is 87.1 Å². The molecule has 0 bridgehead atoms. The van der Waals surface area contributed by atoms with Gasteiger partial charge in [-0.05, 0) is 54.8 Å². The molecule has 2 aromatic heterocycles. The van der Waals surface area contributed by atoms with Gasteiger partial charge in [0, 0.05) is 39.1 Å². The first kappa shape index (κ1) is 28.3. The molecule has 0 spiro atoms. The average Bonchev–Trinajstić information content (AvgIpc) is 3.45. The highest BCUT2D eigenvalue weighted by molar-refractivity contribution is 9.10. The SMILES string of the molecule is CCc1nc(C(F)(F)F)cn1-c1ccc(Br)cc1.CSc1nc(C(F)(F)F)cn1-c1ccc(Br)cc1. The van der Waals surface area contributed by atoms with Gasteiger partial charge in [0.15, 0.2) is 16.5 Å². The van der Waals surface area contributed by atoms with Crippen molar-refractivity contribution >= 4 is 43.6 Å². The maximum atomic E-state index is 12.6. The van der Waals surface area contributed by atoms with Gasteiger partial charge >= 0.3 is 12.4 Å². The fourth-order valence-corrected chi connectivity index (χ4v) is 4.13. The lowest BCUT2D eigenvalue weighted by Gasteiger charge is -2.05. The number of imidazole rings is 2. The summed E-state index contributed by atoms with van der Waals surface area (Å²) in [5.74, 6) is 0.393. The summed E-state index contributed by atoms with van der Waals surface area (Å²) in [7, 11) is 0. The Balaban J connectivity index is 0.000000201. The van der Waals surface area contributed by atoms with Crippen LogP contribution in [0.4, 0.5) is 26.3 Å². The molecule has 2 aromatic carbocycles. The highest BCUT2D eigenvalue weighted by atomic mass is 79.9. The van der Waals surface area contributed by atoms with Crippen LogP contribution in [0.5, 0.6) is 0 Å². The lowest BCUT2D eigenvalue weighted by molar-refractivity contribution is -0.141. The Morgan fingerprint density at radius 1 is 0.722 bits per heavy atom. The normalized spacial score (nSPS) is 11.8. The second-order valence-electron chi connectivity index (χ2n) is 7.20. The van der Waals surface area contributed by atoms with Gasteiger partial charge in [-0.3, -0.25) is 4.57 Å². The van der Waals surface area contributed by atoms with Crippen LogP contribution in [0.25, 0.3) is 11.4 Å². The first-order chi connectivity index (χ1) is 16.8. The van der Waals surface area contributed by atoms with Gasteiger partial charge in [0.1, 0.15) is 5.82 Å². The van der Waals surface area contributed by atoms with Crippen molar-refractivity contribution in [2.45, 2.75) is 30.9 Å². The van der Waals surface area contributed by atoms with E-state index in [1.54, 1.807) is 61.7 Å². The van der Waals surface area contributed by atoms with E-state index in [2.05, 4.69) is 41.8 Å². The molecule has 192 valence electrons. The van der Waals surface area contributed by atoms with E-state index in [-0.39, 0.29) is 0 Å². The number of benzene rings is 2. The van der Waals surface area contributed by atoms with Crippen LogP contribution < -0.4 is 0 Å². The molecule has 0 aliphatic rings. The minimum atomic E-state index is -4.43. The summed E-state index contributed by atoms with van der Waals surface area (Å²) in [5.41, 5.74) is -0.430. The van der Waals surface area contributed by atoms with Crippen molar-refractivity contribution in [1.29, 1.82) is 0 Å². The molecule has 0 aliphatic heterocycles. The number of hydrogen-bond donors (Lipinski definition) is 0. The molecule has 0 saturated carbocycles. The lowest BCUT2D eigenvalue weighted by Crippen LogP contribution is -2.05. The van der Waals surface area contributed by atoms with Gasteiger partial charge in [0.05, 0.1) is 0 Å². The number of aryl methyl sites for hydroxylation is 1. The minimum absolute atomic E-state index is 0.310. The zero-order chi connectivity index (χ0) is 26.7. The molecule has 0 saturated heterocycles. The zero-order valence-corrected chi connectivity index (χ0v) is 22.7. The molecule has 0 N–H and O–H groups in total. The van der Waals surface area contributed by atoms with E-state index in [1.807, 2.05) is 0 Å². The van der Waals surface area contributed by atoms with Gasteiger partial charge in [-0.15, -0.1) is 0 Å². The number of halogens is 8. The Morgan fingerprint density at radius 2 is 1.14 bits per heavy atom. The second-order valence-corrected chi connectivity index (χ2v) is 9.80. The molecule has 36 heavy (non-hydrogen) atoms.